The summed E-state index contributed by atoms with van der Waals surface area (Å²) in [7, 11) is 0. The first-order chi connectivity index (χ1) is 12.5. The fourth-order valence-corrected chi connectivity index (χ4v) is 4.06. The van der Waals surface area contributed by atoms with E-state index < -0.39 is 18.1 Å². The number of nitrogens with zero attached hydrogens (tertiary/aromatic N) is 3. The molecule has 2 fully saturated rings. The molecule has 1 aliphatic heterocycles. The van der Waals surface area contributed by atoms with Crippen molar-refractivity contribution in [3.8, 4) is 0 Å². The number of imide groups is 1. The van der Waals surface area contributed by atoms with Crippen LogP contribution in [0, 0.1) is 0 Å². The molecule has 6 nitrogen and oxygen atoms in total. The number of carbonyl (C=O) groups is 2. The third-order valence-electron chi connectivity index (χ3n) is 5.37. The molecule has 3 amide bonds. The summed E-state index contributed by atoms with van der Waals surface area (Å²) in [5, 5.41) is 2.82. The lowest BCUT2D eigenvalue weighted by molar-refractivity contribution is -0.132. The van der Waals surface area contributed by atoms with Crippen molar-refractivity contribution in [1.82, 2.24) is 19.8 Å². The van der Waals surface area contributed by atoms with E-state index in [-0.39, 0.29) is 23.8 Å². The first kappa shape index (κ1) is 16.9. The number of alkyl halides is 2. The van der Waals surface area contributed by atoms with E-state index in [0.29, 0.717) is 18.4 Å². The molecule has 2 aromatic rings. The van der Waals surface area contributed by atoms with Gasteiger partial charge in [0.1, 0.15) is 11.4 Å². The number of fused-ring (bicyclic) bond motifs is 1. The van der Waals surface area contributed by atoms with Gasteiger partial charge in [-0.25, -0.2) is 9.78 Å². The molecule has 4 rings (SSSR count). The average Bonchev–Trinajstić information content (AvgIpc) is 2.96. The van der Waals surface area contributed by atoms with Crippen molar-refractivity contribution >= 4 is 23.0 Å². The topological polar surface area (TPSA) is 67.2 Å². The standard InChI is InChI=1S/C18H20F2N4O2/c19-16(20)24-13-8-4-3-7-12(13)21-14(24)11-23-15(25)18(22-17(23)26)9-5-1-2-6-10-18/h3-4,7-8,16H,1-2,5-6,9-11H2,(H,22,26). The highest BCUT2D eigenvalue weighted by atomic mass is 19.3. The van der Waals surface area contributed by atoms with Gasteiger partial charge in [0.05, 0.1) is 17.6 Å². The predicted octanol–water partition coefficient (Wildman–Crippen LogP) is 3.58. The second kappa shape index (κ2) is 6.34. The Hall–Kier alpha value is -2.51. The summed E-state index contributed by atoms with van der Waals surface area (Å²) in [6.45, 7) is -3.06. The molecule has 1 aromatic carbocycles. The summed E-state index contributed by atoms with van der Waals surface area (Å²) in [6.07, 6.45) is 5.00. The van der Waals surface area contributed by atoms with E-state index in [9.17, 15) is 18.4 Å². The lowest BCUT2D eigenvalue weighted by Crippen LogP contribution is -2.46. The van der Waals surface area contributed by atoms with Gasteiger partial charge in [-0.1, -0.05) is 37.8 Å². The zero-order valence-corrected chi connectivity index (χ0v) is 14.3. The molecule has 0 unspecified atom stereocenters. The van der Waals surface area contributed by atoms with Gasteiger partial charge in [-0.15, -0.1) is 0 Å². The molecule has 1 saturated carbocycles. The Morgan fingerprint density at radius 1 is 1.12 bits per heavy atom. The fraction of sp³-hybridized carbons (Fsp3) is 0.500. The molecule has 1 spiro atoms. The fourth-order valence-electron chi connectivity index (χ4n) is 4.06. The zero-order chi connectivity index (χ0) is 18.3. The third kappa shape index (κ3) is 2.64. The van der Waals surface area contributed by atoms with Crippen LogP contribution in [-0.4, -0.2) is 31.9 Å². The molecule has 1 saturated heterocycles. The molecule has 26 heavy (non-hydrogen) atoms. The van der Waals surface area contributed by atoms with Crippen LogP contribution in [-0.2, 0) is 11.3 Å². The van der Waals surface area contributed by atoms with Crippen molar-refractivity contribution in [1.29, 1.82) is 0 Å². The number of benzene rings is 1. The van der Waals surface area contributed by atoms with Crippen LogP contribution in [0.3, 0.4) is 0 Å². The number of para-hydroxylation sites is 2. The second-order valence-corrected chi connectivity index (χ2v) is 6.98. The van der Waals surface area contributed by atoms with Gasteiger partial charge in [0.25, 0.3) is 5.91 Å². The first-order valence-corrected chi connectivity index (χ1v) is 8.90. The maximum Gasteiger partial charge on any atom is 0.325 e. The number of amides is 3. The highest BCUT2D eigenvalue weighted by molar-refractivity contribution is 6.07. The maximum absolute atomic E-state index is 13.6. The summed E-state index contributed by atoms with van der Waals surface area (Å²) < 4.78 is 27.9. The van der Waals surface area contributed by atoms with Crippen LogP contribution in [0.4, 0.5) is 13.6 Å². The van der Waals surface area contributed by atoms with Crippen molar-refractivity contribution in [3.63, 3.8) is 0 Å². The smallest absolute Gasteiger partial charge is 0.323 e. The van der Waals surface area contributed by atoms with Gasteiger partial charge in [0, 0.05) is 0 Å². The SMILES string of the molecule is O=C1NC2(CCCCCC2)C(=O)N1Cc1nc2ccccc2n1C(F)F. The molecule has 1 aromatic heterocycles. The molecular formula is C18H20F2N4O2. The Labute approximate surface area is 149 Å². The lowest BCUT2D eigenvalue weighted by atomic mass is 9.90. The first-order valence-electron chi connectivity index (χ1n) is 8.90. The molecule has 1 N–H and O–H groups in total. The summed E-state index contributed by atoms with van der Waals surface area (Å²) >= 11 is 0. The number of rotatable bonds is 3. The minimum absolute atomic E-state index is 0.00960. The molecule has 0 bridgehead atoms. The van der Waals surface area contributed by atoms with E-state index in [1.165, 1.54) is 0 Å². The van der Waals surface area contributed by atoms with E-state index >= 15 is 0 Å². The summed E-state index contributed by atoms with van der Waals surface area (Å²) in [6, 6.07) is 6.03. The summed E-state index contributed by atoms with van der Waals surface area (Å²) in [5.41, 5.74) is -0.178. The van der Waals surface area contributed by atoms with E-state index in [1.807, 2.05) is 0 Å². The number of hydrogen-bond acceptors (Lipinski definition) is 3. The van der Waals surface area contributed by atoms with Crippen molar-refractivity contribution in [2.24, 2.45) is 0 Å². The number of halogens is 2. The minimum atomic E-state index is -2.80. The largest absolute Gasteiger partial charge is 0.325 e. The van der Waals surface area contributed by atoms with Crippen LogP contribution < -0.4 is 5.32 Å². The zero-order valence-electron chi connectivity index (χ0n) is 14.3. The van der Waals surface area contributed by atoms with E-state index in [4.69, 9.17) is 0 Å². The van der Waals surface area contributed by atoms with Crippen LogP contribution in [0.5, 0.6) is 0 Å². The molecule has 1 aliphatic carbocycles. The van der Waals surface area contributed by atoms with Gasteiger partial charge in [-0.2, -0.15) is 8.78 Å². The number of hydrogen-bond donors (Lipinski definition) is 1. The summed E-state index contributed by atoms with van der Waals surface area (Å²) in [5.74, 6) is -0.312. The van der Waals surface area contributed by atoms with Crippen molar-refractivity contribution in [3.05, 3.63) is 30.1 Å². The molecule has 0 atom stereocenters. The van der Waals surface area contributed by atoms with Gasteiger partial charge < -0.3 is 5.32 Å². The highest BCUT2D eigenvalue weighted by Crippen LogP contribution is 2.34. The quantitative estimate of drug-likeness (QED) is 0.849. The van der Waals surface area contributed by atoms with Gasteiger partial charge in [-0.3, -0.25) is 14.3 Å². The number of nitrogens with one attached hydrogen (secondary N) is 1. The Morgan fingerprint density at radius 2 is 1.81 bits per heavy atom. The van der Waals surface area contributed by atoms with Crippen molar-refractivity contribution < 1.29 is 18.4 Å². The second-order valence-electron chi connectivity index (χ2n) is 6.98. The van der Waals surface area contributed by atoms with E-state index in [0.717, 1.165) is 35.2 Å². The third-order valence-corrected chi connectivity index (χ3v) is 5.37. The lowest BCUT2D eigenvalue weighted by Gasteiger charge is -2.24. The number of urea groups is 1. The van der Waals surface area contributed by atoms with Crippen molar-refractivity contribution in [2.75, 3.05) is 0 Å². The minimum Gasteiger partial charge on any atom is -0.323 e. The highest BCUT2D eigenvalue weighted by Gasteiger charge is 2.51. The average molecular weight is 362 g/mol. The number of aromatic nitrogens is 2. The van der Waals surface area contributed by atoms with Crippen LogP contribution >= 0.6 is 0 Å². The molecule has 2 aliphatic rings. The predicted molar refractivity (Wildman–Crippen MR) is 90.5 cm³/mol. The molecule has 0 radical (unpaired) electrons. The monoisotopic (exact) mass is 362 g/mol. The van der Waals surface area contributed by atoms with Crippen LogP contribution in [0.25, 0.3) is 11.0 Å². The normalized spacial score (nSPS) is 20.2. The molecule has 8 heteroatoms. The number of carbonyl (C=O) groups excluding carboxylic acids is 2. The van der Waals surface area contributed by atoms with Gasteiger partial charge in [0.15, 0.2) is 0 Å². The Bertz CT molecular complexity index is 856. The Kier molecular flexibility index (Phi) is 4.13. The van der Waals surface area contributed by atoms with E-state index in [1.54, 1.807) is 24.3 Å². The van der Waals surface area contributed by atoms with E-state index in [2.05, 4.69) is 10.3 Å². The molecule has 138 valence electrons. The Morgan fingerprint density at radius 3 is 2.50 bits per heavy atom. The van der Waals surface area contributed by atoms with Crippen LogP contribution in [0.2, 0.25) is 0 Å². The maximum atomic E-state index is 13.6. The van der Waals surface area contributed by atoms with Crippen LogP contribution in [0.15, 0.2) is 24.3 Å². The summed E-state index contributed by atoms with van der Waals surface area (Å²) in [4.78, 5) is 30.7. The Balaban J connectivity index is 1.67. The van der Waals surface area contributed by atoms with Crippen molar-refractivity contribution in [2.45, 2.75) is 57.2 Å². The van der Waals surface area contributed by atoms with Gasteiger partial charge in [-0.05, 0) is 25.0 Å². The van der Waals surface area contributed by atoms with Gasteiger partial charge in [0.2, 0.25) is 0 Å². The van der Waals surface area contributed by atoms with Gasteiger partial charge >= 0.3 is 12.6 Å². The molecule has 2 heterocycles. The van der Waals surface area contributed by atoms with Crippen LogP contribution in [0.1, 0.15) is 50.9 Å². The number of imidazole rings is 1. The molecular weight excluding hydrogens is 342 g/mol.